The van der Waals surface area contributed by atoms with Crippen molar-refractivity contribution in [3.8, 4) is 17.5 Å². The van der Waals surface area contributed by atoms with E-state index >= 15 is 0 Å². The molecule has 3 aromatic rings. The zero-order chi connectivity index (χ0) is 22.2. The number of nitrogens with zero attached hydrogens (tertiary/aromatic N) is 4. The third-order valence-corrected chi connectivity index (χ3v) is 5.17. The number of amides is 1. The van der Waals surface area contributed by atoms with Crippen molar-refractivity contribution in [2.75, 3.05) is 25.6 Å². The smallest absolute Gasteiger partial charge is 0.268 e. The predicted molar refractivity (Wildman–Crippen MR) is 116 cm³/mol. The van der Waals surface area contributed by atoms with Crippen molar-refractivity contribution < 1.29 is 13.9 Å². The first-order valence-corrected chi connectivity index (χ1v) is 10.7. The fourth-order valence-corrected chi connectivity index (χ4v) is 3.73. The van der Waals surface area contributed by atoms with Gasteiger partial charge in [0.25, 0.3) is 5.56 Å². The number of rotatable bonds is 10. The molecular weight excluding hydrogens is 421 g/mol. The molecule has 1 aromatic carbocycles. The topological polar surface area (TPSA) is 102 Å². The van der Waals surface area contributed by atoms with E-state index in [1.54, 1.807) is 41.1 Å². The summed E-state index contributed by atoms with van der Waals surface area (Å²) in [5.74, 6) is 0.958. The van der Waals surface area contributed by atoms with Gasteiger partial charge in [-0.15, -0.1) is 0 Å². The highest BCUT2D eigenvalue weighted by Crippen LogP contribution is 2.23. The average molecular weight is 444 g/mol. The van der Waals surface area contributed by atoms with E-state index < -0.39 is 6.67 Å². The van der Waals surface area contributed by atoms with Crippen molar-refractivity contribution in [2.45, 2.75) is 25.0 Å². The zero-order valence-electron chi connectivity index (χ0n) is 17.0. The summed E-state index contributed by atoms with van der Waals surface area (Å²) in [6.07, 6.45) is 1.89. The molecule has 3 rings (SSSR count). The molecule has 10 heteroatoms. The second-order valence-electron chi connectivity index (χ2n) is 6.44. The van der Waals surface area contributed by atoms with Gasteiger partial charge in [-0.25, -0.2) is 9.37 Å². The Morgan fingerprint density at radius 3 is 2.77 bits per heavy atom. The molecule has 0 unspecified atom stereocenters. The number of benzene rings is 1. The summed E-state index contributed by atoms with van der Waals surface area (Å²) in [4.78, 5) is 30.1. The van der Waals surface area contributed by atoms with Crippen LogP contribution in [0.1, 0.15) is 13.3 Å². The van der Waals surface area contributed by atoms with E-state index in [4.69, 9.17) is 10.00 Å². The fourth-order valence-electron chi connectivity index (χ4n) is 3.00. The summed E-state index contributed by atoms with van der Waals surface area (Å²) in [6.45, 7) is 1.63. The Morgan fingerprint density at radius 1 is 1.32 bits per heavy atom. The van der Waals surface area contributed by atoms with Gasteiger partial charge in [-0.3, -0.25) is 14.2 Å². The molecule has 0 saturated heterocycles. The quantitative estimate of drug-likeness (QED) is 0.294. The monoisotopic (exact) mass is 443 g/mol. The number of carbonyl (C=O) groups excluding carboxylic acids is 1. The average Bonchev–Trinajstić information content (AvgIpc) is 3.16. The van der Waals surface area contributed by atoms with E-state index in [1.165, 1.54) is 16.3 Å². The maximum absolute atomic E-state index is 13.3. The zero-order valence-corrected chi connectivity index (χ0v) is 17.8. The van der Waals surface area contributed by atoms with Gasteiger partial charge in [0.15, 0.2) is 5.16 Å². The molecule has 0 atom stereocenters. The number of aromatic nitrogens is 3. The molecule has 0 aliphatic rings. The van der Waals surface area contributed by atoms with Gasteiger partial charge < -0.3 is 14.6 Å². The van der Waals surface area contributed by atoms with Crippen LogP contribution in [0.15, 0.2) is 46.5 Å². The first-order valence-electron chi connectivity index (χ1n) is 9.76. The number of thioether (sulfide) groups is 1. The number of hydrogen-bond acceptors (Lipinski definition) is 6. The van der Waals surface area contributed by atoms with Crippen LogP contribution in [0.2, 0.25) is 0 Å². The van der Waals surface area contributed by atoms with Crippen molar-refractivity contribution in [1.82, 2.24) is 19.4 Å². The molecule has 0 spiro atoms. The highest BCUT2D eigenvalue weighted by atomic mass is 32.2. The standard InChI is InChI=1S/C21H22FN5O3S/c1-2-31-21-25-19-17(8-12-26(19)14-18(28)24-11-3-10-23)20(29)27(21)15-4-6-16(7-5-15)30-13-9-22/h4-8,12H,2-3,9,11,13-14H2,1H3,(H,24,28). The van der Waals surface area contributed by atoms with Crippen molar-refractivity contribution in [2.24, 2.45) is 0 Å². The first kappa shape index (κ1) is 22.4. The molecule has 162 valence electrons. The lowest BCUT2D eigenvalue weighted by molar-refractivity contribution is -0.121. The van der Waals surface area contributed by atoms with Gasteiger partial charge in [0.1, 0.15) is 31.2 Å². The number of nitriles is 1. The van der Waals surface area contributed by atoms with E-state index in [2.05, 4.69) is 10.3 Å². The number of alkyl halides is 1. The van der Waals surface area contributed by atoms with Gasteiger partial charge in [-0.2, -0.15) is 5.26 Å². The van der Waals surface area contributed by atoms with Gasteiger partial charge in [0.05, 0.1) is 23.6 Å². The number of hydrogen-bond donors (Lipinski definition) is 1. The van der Waals surface area contributed by atoms with Crippen LogP contribution >= 0.6 is 11.8 Å². The summed E-state index contributed by atoms with van der Waals surface area (Å²) in [5.41, 5.74) is 0.794. The highest BCUT2D eigenvalue weighted by Gasteiger charge is 2.17. The van der Waals surface area contributed by atoms with Crippen LogP contribution in [0.5, 0.6) is 5.75 Å². The number of halogens is 1. The van der Waals surface area contributed by atoms with Crippen LogP contribution in [0, 0.1) is 11.3 Å². The number of ether oxygens (including phenoxy) is 1. The minimum Gasteiger partial charge on any atom is -0.491 e. The van der Waals surface area contributed by atoms with Gasteiger partial charge in [0, 0.05) is 12.7 Å². The van der Waals surface area contributed by atoms with Crippen molar-refractivity contribution in [3.05, 3.63) is 46.9 Å². The summed E-state index contributed by atoms with van der Waals surface area (Å²) >= 11 is 1.41. The predicted octanol–water partition coefficient (Wildman–Crippen LogP) is 2.68. The highest BCUT2D eigenvalue weighted by molar-refractivity contribution is 7.99. The van der Waals surface area contributed by atoms with E-state index in [0.717, 1.165) is 0 Å². The van der Waals surface area contributed by atoms with Crippen LogP contribution in [0.25, 0.3) is 16.7 Å². The van der Waals surface area contributed by atoms with Crippen LogP contribution < -0.4 is 15.6 Å². The summed E-state index contributed by atoms with van der Waals surface area (Å²) < 4.78 is 20.7. The van der Waals surface area contributed by atoms with E-state index in [1.807, 2.05) is 13.0 Å². The van der Waals surface area contributed by atoms with Gasteiger partial charge >= 0.3 is 0 Å². The first-order chi connectivity index (χ1) is 15.1. The Bertz CT molecular complexity index is 1150. The molecule has 0 radical (unpaired) electrons. The minimum absolute atomic E-state index is 0.00220. The molecule has 8 nitrogen and oxygen atoms in total. The molecule has 1 amide bonds. The third kappa shape index (κ3) is 5.24. The van der Waals surface area contributed by atoms with Crippen LogP contribution in [-0.2, 0) is 11.3 Å². The fraction of sp³-hybridized carbons (Fsp3) is 0.333. The van der Waals surface area contributed by atoms with E-state index in [-0.39, 0.29) is 37.6 Å². The van der Waals surface area contributed by atoms with Crippen LogP contribution in [0.4, 0.5) is 4.39 Å². The van der Waals surface area contributed by atoms with Crippen molar-refractivity contribution in [1.29, 1.82) is 5.26 Å². The normalized spacial score (nSPS) is 10.7. The summed E-state index contributed by atoms with van der Waals surface area (Å²) in [6, 6.07) is 10.4. The molecule has 0 fully saturated rings. The Labute approximate surface area is 182 Å². The molecule has 0 aliphatic heterocycles. The lowest BCUT2D eigenvalue weighted by atomic mass is 10.3. The Hall–Kier alpha value is -3.32. The Balaban J connectivity index is 1.97. The molecule has 0 bridgehead atoms. The lowest BCUT2D eigenvalue weighted by Crippen LogP contribution is -2.28. The lowest BCUT2D eigenvalue weighted by Gasteiger charge is -2.13. The Morgan fingerprint density at radius 2 is 2.10 bits per heavy atom. The Kier molecular flexibility index (Phi) is 7.67. The number of carbonyl (C=O) groups is 1. The maximum Gasteiger partial charge on any atom is 0.268 e. The van der Waals surface area contributed by atoms with Gasteiger partial charge in [-0.05, 0) is 36.1 Å². The SMILES string of the molecule is CCSc1nc2c(ccn2CC(=O)NCCC#N)c(=O)n1-c1ccc(OCCF)cc1. The van der Waals surface area contributed by atoms with Gasteiger partial charge in [-0.1, -0.05) is 18.7 Å². The molecule has 2 heterocycles. The summed E-state index contributed by atoms with van der Waals surface area (Å²) in [5, 5.41) is 12.1. The molecule has 0 aliphatic carbocycles. The molecule has 31 heavy (non-hydrogen) atoms. The summed E-state index contributed by atoms with van der Waals surface area (Å²) in [7, 11) is 0. The van der Waals surface area contributed by atoms with E-state index in [0.29, 0.717) is 33.4 Å². The van der Waals surface area contributed by atoms with Crippen molar-refractivity contribution >= 4 is 28.7 Å². The van der Waals surface area contributed by atoms with E-state index in [9.17, 15) is 14.0 Å². The molecule has 2 aromatic heterocycles. The number of fused-ring (bicyclic) bond motifs is 1. The maximum atomic E-state index is 13.3. The van der Waals surface area contributed by atoms with Crippen LogP contribution in [-0.4, -0.2) is 45.6 Å². The molecule has 1 N–H and O–H groups in total. The molecular formula is C21H22FN5O3S. The second kappa shape index (κ2) is 10.6. The van der Waals surface area contributed by atoms with Crippen molar-refractivity contribution in [3.63, 3.8) is 0 Å². The third-order valence-electron chi connectivity index (χ3n) is 4.35. The minimum atomic E-state index is -0.577. The van der Waals surface area contributed by atoms with Gasteiger partial charge in [0.2, 0.25) is 5.91 Å². The molecule has 0 saturated carbocycles. The largest absolute Gasteiger partial charge is 0.491 e. The number of nitrogens with one attached hydrogen (secondary N) is 1. The second-order valence-corrected chi connectivity index (χ2v) is 7.67. The van der Waals surface area contributed by atoms with Crippen LogP contribution in [0.3, 0.4) is 0 Å².